The molecule has 1 saturated carbocycles. The third-order valence-corrected chi connectivity index (χ3v) is 11.2. The molecule has 11 heteroatoms. The van der Waals surface area contributed by atoms with Crippen LogP contribution in [0.1, 0.15) is 60.6 Å². The average molecular weight is 689 g/mol. The zero-order valence-electron chi connectivity index (χ0n) is 26.5. The van der Waals surface area contributed by atoms with Gasteiger partial charge in [-0.1, -0.05) is 36.4 Å². The van der Waals surface area contributed by atoms with Crippen LogP contribution in [0.2, 0.25) is 0 Å². The molecule has 46 heavy (non-hydrogen) atoms. The smallest absolute Gasteiger partial charge is 0.282 e. The Morgan fingerprint density at radius 1 is 1.02 bits per heavy atom. The highest BCUT2D eigenvalue weighted by atomic mass is 79.9. The first-order chi connectivity index (χ1) is 22.2. The minimum absolute atomic E-state index is 0.144. The molecule has 4 heterocycles. The number of aromatic nitrogens is 2. The van der Waals surface area contributed by atoms with Crippen molar-refractivity contribution in [2.75, 3.05) is 50.0 Å². The van der Waals surface area contributed by atoms with Crippen molar-refractivity contribution in [1.82, 2.24) is 24.9 Å². The zero-order valence-corrected chi connectivity index (χ0v) is 28.1. The van der Waals surface area contributed by atoms with Crippen LogP contribution in [-0.4, -0.2) is 82.7 Å². The van der Waals surface area contributed by atoms with E-state index in [4.69, 9.17) is 0 Å². The van der Waals surface area contributed by atoms with Gasteiger partial charge < -0.3 is 15.1 Å². The van der Waals surface area contributed by atoms with Gasteiger partial charge in [-0.15, -0.1) is 0 Å². The van der Waals surface area contributed by atoms with Gasteiger partial charge in [0.05, 0.1) is 17.8 Å². The Hall–Kier alpha value is -3.54. The second-order valence-corrected chi connectivity index (χ2v) is 14.5. The second-order valence-electron chi connectivity index (χ2n) is 13.7. The third kappa shape index (κ3) is 6.37. The summed E-state index contributed by atoms with van der Waals surface area (Å²) in [5.74, 6) is -0.211. The number of imide groups is 1. The molecule has 242 valence electrons. The van der Waals surface area contributed by atoms with Gasteiger partial charge in [0.25, 0.3) is 5.56 Å². The number of benzene rings is 2. The number of carbonyl (C=O) groups excluding carboxylic acids is 2. The number of nitrogens with zero attached hydrogens (tertiary/aromatic N) is 5. The van der Waals surface area contributed by atoms with Crippen LogP contribution in [0.25, 0.3) is 0 Å². The van der Waals surface area contributed by atoms with Crippen LogP contribution in [-0.2, 0) is 23.2 Å². The molecule has 3 aliphatic heterocycles. The number of piperidine rings is 2. The van der Waals surface area contributed by atoms with Crippen molar-refractivity contribution in [3.8, 4) is 0 Å². The number of nitrogens with one attached hydrogen (secondary N) is 2. The molecule has 2 aromatic carbocycles. The second kappa shape index (κ2) is 12.6. The van der Waals surface area contributed by atoms with E-state index in [-0.39, 0.29) is 34.9 Å². The molecule has 3 atom stereocenters. The van der Waals surface area contributed by atoms with E-state index < -0.39 is 0 Å². The minimum Gasteiger partial charge on any atom is -0.379 e. The number of anilines is 2. The molecule has 1 unspecified atom stereocenters. The summed E-state index contributed by atoms with van der Waals surface area (Å²) < 4.78 is 1.86. The Morgan fingerprint density at radius 2 is 1.83 bits per heavy atom. The molecule has 2 amide bonds. The predicted octanol–water partition coefficient (Wildman–Crippen LogP) is 3.82. The molecule has 4 fully saturated rings. The van der Waals surface area contributed by atoms with Gasteiger partial charge in [-0.25, -0.2) is 4.68 Å². The lowest BCUT2D eigenvalue weighted by molar-refractivity contribution is -0.134. The number of piperazine rings is 1. The highest BCUT2D eigenvalue weighted by Crippen LogP contribution is 2.46. The van der Waals surface area contributed by atoms with Crippen LogP contribution in [0.3, 0.4) is 0 Å². The molecule has 0 radical (unpaired) electrons. The summed E-state index contributed by atoms with van der Waals surface area (Å²) in [6.45, 7) is 5.79. The van der Waals surface area contributed by atoms with Crippen LogP contribution in [0.15, 0.2) is 64.0 Å². The topological polar surface area (TPSA) is 103 Å². The Labute approximate surface area is 278 Å². The molecule has 4 aliphatic rings. The maximum Gasteiger partial charge on any atom is 0.282 e. The lowest BCUT2D eigenvalue weighted by Gasteiger charge is -2.43. The van der Waals surface area contributed by atoms with Gasteiger partial charge in [0.1, 0.15) is 4.47 Å². The molecule has 7 rings (SSSR count). The molecular formula is C35H42BrN7O3. The Kier molecular flexibility index (Phi) is 8.50. The fourth-order valence-electron chi connectivity index (χ4n) is 7.66. The van der Waals surface area contributed by atoms with Crippen molar-refractivity contribution in [3.05, 3.63) is 86.2 Å². The molecule has 3 aromatic rings. The predicted molar refractivity (Wildman–Crippen MR) is 182 cm³/mol. The van der Waals surface area contributed by atoms with E-state index in [1.807, 2.05) is 12.1 Å². The lowest BCUT2D eigenvalue weighted by Crippen LogP contribution is -2.54. The van der Waals surface area contributed by atoms with Gasteiger partial charge >= 0.3 is 0 Å². The normalized spacial score (nSPS) is 25.0. The van der Waals surface area contributed by atoms with Gasteiger partial charge in [0, 0.05) is 70.0 Å². The molecule has 1 spiro atoms. The largest absolute Gasteiger partial charge is 0.379 e. The van der Waals surface area contributed by atoms with E-state index in [9.17, 15) is 14.4 Å². The van der Waals surface area contributed by atoms with Gasteiger partial charge in [-0.05, 0) is 83.4 Å². The third-order valence-electron chi connectivity index (χ3n) is 10.4. The Morgan fingerprint density at radius 3 is 2.59 bits per heavy atom. The number of carbonyl (C=O) groups is 2. The first-order valence-corrected chi connectivity index (χ1v) is 17.2. The number of rotatable bonds is 7. The number of amides is 2. The standard InChI is InChI=1S/C35H42BrN7O3/c1-40-20-26(16-27(21-40)38-30-18-37-41(2)34(46)32(30)36)24-8-6-23(7-9-24)19-43-15-14-42(22-35(43)12-13-35)28-5-3-4-25(17-28)29-10-11-31(44)39-33(29)45/h3-9,17-18,26-27,29,38H,10-16,19-22H2,1-2H3,(H,39,44,45)/t26-,27+,29?/m0/s1. The number of aryl methyl sites for hydroxylation is 1. The van der Waals surface area contributed by atoms with Crippen molar-refractivity contribution >= 4 is 39.1 Å². The zero-order chi connectivity index (χ0) is 32.0. The first kappa shape index (κ1) is 31.1. The lowest BCUT2D eigenvalue weighted by atomic mass is 9.87. The van der Waals surface area contributed by atoms with E-state index in [0.29, 0.717) is 23.2 Å². The highest BCUT2D eigenvalue weighted by Gasteiger charge is 2.51. The van der Waals surface area contributed by atoms with Crippen molar-refractivity contribution in [1.29, 1.82) is 0 Å². The maximum absolute atomic E-state index is 12.5. The van der Waals surface area contributed by atoms with E-state index in [1.165, 1.54) is 34.3 Å². The van der Waals surface area contributed by atoms with Crippen molar-refractivity contribution in [2.45, 2.75) is 62.1 Å². The summed E-state index contributed by atoms with van der Waals surface area (Å²) in [6, 6.07) is 17.8. The summed E-state index contributed by atoms with van der Waals surface area (Å²) >= 11 is 3.45. The summed E-state index contributed by atoms with van der Waals surface area (Å²) in [5, 5.41) is 10.3. The quantitative estimate of drug-likeness (QED) is 0.362. The molecule has 1 aliphatic carbocycles. The first-order valence-electron chi connectivity index (χ1n) is 16.4. The molecule has 3 saturated heterocycles. The highest BCUT2D eigenvalue weighted by molar-refractivity contribution is 9.10. The van der Waals surface area contributed by atoms with Crippen LogP contribution >= 0.6 is 15.9 Å². The van der Waals surface area contributed by atoms with Gasteiger partial charge in [0.15, 0.2) is 0 Å². The van der Waals surface area contributed by atoms with Crippen molar-refractivity contribution in [2.24, 2.45) is 7.05 Å². The maximum atomic E-state index is 12.5. The molecule has 0 bridgehead atoms. The summed E-state index contributed by atoms with van der Waals surface area (Å²) in [5.41, 5.74) is 5.66. The summed E-state index contributed by atoms with van der Waals surface area (Å²) in [4.78, 5) is 44.0. The number of halogens is 1. The van der Waals surface area contributed by atoms with Crippen LogP contribution in [0, 0.1) is 0 Å². The van der Waals surface area contributed by atoms with E-state index >= 15 is 0 Å². The molecule has 1 aromatic heterocycles. The number of hydrogen-bond donors (Lipinski definition) is 2. The monoisotopic (exact) mass is 687 g/mol. The van der Waals surface area contributed by atoms with Gasteiger partial charge in [0.2, 0.25) is 11.8 Å². The number of likely N-dealkylation sites (tertiary alicyclic amines) is 1. The van der Waals surface area contributed by atoms with E-state index in [1.54, 1.807) is 13.2 Å². The SMILES string of the molecule is CN1C[C@H](Nc2cnn(C)c(=O)c2Br)C[C@H](c2ccc(CN3CCN(c4cccc(C5CCC(=O)NC5=O)c4)CC34CC4)cc2)C1. The molecule has 2 N–H and O–H groups in total. The van der Waals surface area contributed by atoms with Crippen LogP contribution in [0.5, 0.6) is 0 Å². The summed E-state index contributed by atoms with van der Waals surface area (Å²) in [7, 11) is 3.81. The minimum atomic E-state index is -0.258. The number of hydrogen-bond acceptors (Lipinski definition) is 8. The van der Waals surface area contributed by atoms with Crippen molar-refractivity contribution < 1.29 is 9.59 Å². The Balaban J connectivity index is 0.976. The summed E-state index contributed by atoms with van der Waals surface area (Å²) in [6.07, 6.45) is 6.08. The van der Waals surface area contributed by atoms with Crippen molar-refractivity contribution in [3.63, 3.8) is 0 Å². The fraction of sp³-hybridized carbons (Fsp3) is 0.486. The Bertz CT molecular complexity index is 1690. The van der Waals surface area contributed by atoms with Crippen LogP contribution < -0.4 is 21.1 Å². The van der Waals surface area contributed by atoms with Gasteiger partial charge in [-0.2, -0.15) is 5.10 Å². The van der Waals surface area contributed by atoms with E-state index in [2.05, 4.69) is 89.8 Å². The number of likely N-dealkylation sites (N-methyl/N-ethyl adjacent to an activating group) is 1. The molecule has 10 nitrogen and oxygen atoms in total. The fourth-order valence-corrected chi connectivity index (χ4v) is 8.13. The van der Waals surface area contributed by atoms with E-state index in [0.717, 1.165) is 56.9 Å². The van der Waals surface area contributed by atoms with Crippen LogP contribution in [0.4, 0.5) is 11.4 Å². The molecular weight excluding hydrogens is 646 g/mol. The average Bonchev–Trinajstić information content (AvgIpc) is 3.82. The van der Waals surface area contributed by atoms with Gasteiger partial charge in [-0.3, -0.25) is 24.6 Å².